The van der Waals surface area contributed by atoms with Gasteiger partial charge in [0.1, 0.15) is 15.6 Å². The van der Waals surface area contributed by atoms with Crippen LogP contribution in [0.2, 0.25) is 0 Å². The van der Waals surface area contributed by atoms with Gasteiger partial charge in [0, 0.05) is 19.2 Å². The molecule has 1 fully saturated rings. The Morgan fingerprint density at radius 3 is 2.22 bits per heavy atom. The van der Waals surface area contributed by atoms with Crippen molar-refractivity contribution >= 4 is 21.5 Å². The average Bonchev–Trinajstić information content (AvgIpc) is 3.35. The molecule has 1 atom stereocenters. The molecule has 1 aliphatic rings. The highest BCUT2D eigenvalue weighted by Gasteiger charge is 2.45. The minimum Gasteiger partial charge on any atom is -0.482 e. The molecule has 0 aromatic carbocycles. The minimum atomic E-state index is -4.64. The normalized spacial score (nSPS) is 15.9. The van der Waals surface area contributed by atoms with E-state index in [0.29, 0.717) is 11.7 Å². The first-order valence-corrected chi connectivity index (χ1v) is 16.7. The van der Waals surface area contributed by atoms with E-state index < -0.39 is 64.6 Å². The third kappa shape index (κ3) is 13.8. The van der Waals surface area contributed by atoms with Crippen molar-refractivity contribution in [2.75, 3.05) is 43.1 Å². The SMILES string of the molecule is CCCCCCCCCCNC(C)(CS(C)(=O)=O)c1noc(C)n1.O=C(O)c1cc(OCC(F)(F)F)c(N2CC(F)(F)C2)cn1. The molecule has 1 aliphatic heterocycles. The Kier molecular flexibility index (Phi) is 13.9. The van der Waals surface area contributed by atoms with Crippen LogP contribution in [0.25, 0.3) is 0 Å². The van der Waals surface area contributed by atoms with Gasteiger partial charge in [-0.05, 0) is 19.9 Å². The van der Waals surface area contributed by atoms with Gasteiger partial charge in [0.25, 0.3) is 5.92 Å². The summed E-state index contributed by atoms with van der Waals surface area (Å²) in [6.07, 6.45) is 7.44. The standard InChI is InChI=1S/C17H33N3O3S.C11H9F5N2O3/c1-5-6-7-8-9-10-11-12-13-18-17(3,14-24(4,21)22)16-19-15(2)23-20-16;12-10(13)3-18(4-10)7-2-17-6(9(19)20)1-8(7)21-5-11(14,15)16/h18H,5-14H2,1-4H3;1-2H,3-5H2,(H,19,20). The van der Waals surface area contributed by atoms with Crippen LogP contribution in [0.15, 0.2) is 16.8 Å². The third-order valence-electron chi connectivity index (χ3n) is 6.76. The number of aromatic carboxylic acids is 1. The van der Waals surface area contributed by atoms with Crippen LogP contribution < -0.4 is 15.0 Å². The number of unbranched alkanes of at least 4 members (excludes halogenated alkanes) is 7. The van der Waals surface area contributed by atoms with Crippen LogP contribution in [0, 0.1) is 6.92 Å². The van der Waals surface area contributed by atoms with Crippen molar-refractivity contribution in [2.45, 2.75) is 89.8 Å². The van der Waals surface area contributed by atoms with E-state index in [9.17, 15) is 35.2 Å². The summed E-state index contributed by atoms with van der Waals surface area (Å²) in [4.78, 5) is 19.5. The molecule has 1 saturated heterocycles. The van der Waals surface area contributed by atoms with Gasteiger partial charge in [0.2, 0.25) is 5.89 Å². The lowest BCUT2D eigenvalue weighted by molar-refractivity contribution is -0.153. The number of aryl methyl sites for hydroxylation is 1. The molecule has 2 N–H and O–H groups in total. The number of ether oxygens (including phenoxy) is 1. The molecule has 3 heterocycles. The molecule has 0 amide bonds. The first kappa shape index (κ1) is 38.1. The summed E-state index contributed by atoms with van der Waals surface area (Å²) in [5.41, 5.74) is -1.45. The van der Waals surface area contributed by atoms with E-state index in [0.717, 1.165) is 36.5 Å². The Bertz CT molecular complexity index is 1330. The van der Waals surface area contributed by atoms with Gasteiger partial charge in [-0.25, -0.2) is 27.0 Å². The summed E-state index contributed by atoms with van der Waals surface area (Å²) in [6.45, 7) is 3.46. The second-order valence-corrected chi connectivity index (χ2v) is 13.5. The number of nitrogens with one attached hydrogen (secondary N) is 1. The molecule has 0 saturated carbocycles. The van der Waals surface area contributed by atoms with E-state index >= 15 is 0 Å². The van der Waals surface area contributed by atoms with Crippen LogP contribution >= 0.6 is 0 Å². The highest BCUT2D eigenvalue weighted by atomic mass is 32.2. The number of pyridine rings is 1. The molecule has 11 nitrogen and oxygen atoms in total. The zero-order valence-electron chi connectivity index (χ0n) is 25.9. The highest BCUT2D eigenvalue weighted by molar-refractivity contribution is 7.90. The van der Waals surface area contributed by atoms with Crippen LogP contribution in [-0.2, 0) is 15.4 Å². The van der Waals surface area contributed by atoms with Crippen molar-refractivity contribution in [3.05, 3.63) is 29.7 Å². The van der Waals surface area contributed by atoms with E-state index in [-0.39, 0.29) is 11.4 Å². The maximum absolute atomic E-state index is 12.8. The molecular formula is C28H42F5N5O6S. The van der Waals surface area contributed by atoms with E-state index in [4.69, 9.17) is 9.63 Å². The number of rotatable bonds is 17. The second kappa shape index (κ2) is 16.5. The molecular weight excluding hydrogens is 629 g/mol. The fourth-order valence-electron chi connectivity index (χ4n) is 4.61. The highest BCUT2D eigenvalue weighted by Crippen LogP contribution is 2.37. The van der Waals surface area contributed by atoms with Gasteiger partial charge < -0.3 is 24.6 Å². The zero-order chi connectivity index (χ0) is 33.9. The lowest BCUT2D eigenvalue weighted by Crippen LogP contribution is -2.56. The molecule has 0 aliphatic carbocycles. The molecule has 0 radical (unpaired) electrons. The molecule has 17 heteroatoms. The monoisotopic (exact) mass is 671 g/mol. The fourth-order valence-corrected chi connectivity index (χ4v) is 5.89. The number of carboxylic acids is 1. The smallest absolute Gasteiger partial charge is 0.422 e. The van der Waals surface area contributed by atoms with Crippen LogP contribution in [0.5, 0.6) is 5.75 Å². The third-order valence-corrected chi connectivity index (χ3v) is 7.86. The summed E-state index contributed by atoms with van der Waals surface area (Å²) in [6, 6.07) is 0.778. The number of aromatic nitrogens is 3. The fraction of sp³-hybridized carbons (Fsp3) is 0.714. The van der Waals surface area contributed by atoms with Gasteiger partial charge in [-0.3, -0.25) is 0 Å². The number of sulfone groups is 1. The van der Waals surface area contributed by atoms with E-state index in [1.165, 1.54) is 44.8 Å². The largest absolute Gasteiger partial charge is 0.482 e. The average molecular weight is 672 g/mol. The maximum atomic E-state index is 12.8. The lowest BCUT2D eigenvalue weighted by atomic mass is 10.0. The molecule has 2 aromatic rings. The Morgan fingerprint density at radius 1 is 1.13 bits per heavy atom. The van der Waals surface area contributed by atoms with Crippen LogP contribution in [-0.4, -0.2) is 85.0 Å². The molecule has 256 valence electrons. The number of alkyl halides is 5. The van der Waals surface area contributed by atoms with Crippen molar-refractivity contribution in [1.82, 2.24) is 20.4 Å². The second-order valence-electron chi connectivity index (χ2n) is 11.4. The van der Waals surface area contributed by atoms with Gasteiger partial charge >= 0.3 is 12.1 Å². The van der Waals surface area contributed by atoms with Crippen molar-refractivity contribution in [2.24, 2.45) is 0 Å². The Balaban J connectivity index is 0.000000316. The summed E-state index contributed by atoms with van der Waals surface area (Å²) in [7, 11) is -3.17. The van der Waals surface area contributed by atoms with Crippen molar-refractivity contribution in [3.63, 3.8) is 0 Å². The van der Waals surface area contributed by atoms with Crippen molar-refractivity contribution in [1.29, 1.82) is 0 Å². The summed E-state index contributed by atoms with van der Waals surface area (Å²) in [5, 5.41) is 16.0. The molecule has 0 spiro atoms. The number of hydrogen-bond donors (Lipinski definition) is 2. The zero-order valence-corrected chi connectivity index (χ0v) is 26.7. The maximum Gasteiger partial charge on any atom is 0.422 e. The quantitative estimate of drug-likeness (QED) is 0.161. The van der Waals surface area contributed by atoms with Crippen LogP contribution in [0.3, 0.4) is 0 Å². The van der Waals surface area contributed by atoms with Crippen molar-refractivity contribution in [3.8, 4) is 5.75 Å². The van der Waals surface area contributed by atoms with E-state index in [1.54, 1.807) is 6.92 Å². The molecule has 3 rings (SSSR count). The number of carboxylic acid groups (broad SMARTS) is 1. The van der Waals surface area contributed by atoms with Gasteiger partial charge in [-0.15, -0.1) is 0 Å². The van der Waals surface area contributed by atoms with Crippen LogP contribution in [0.1, 0.15) is 87.4 Å². The first-order valence-electron chi connectivity index (χ1n) is 14.6. The lowest BCUT2D eigenvalue weighted by Gasteiger charge is -2.40. The predicted molar refractivity (Wildman–Crippen MR) is 157 cm³/mol. The summed E-state index contributed by atoms with van der Waals surface area (Å²) < 4.78 is 95.2. The summed E-state index contributed by atoms with van der Waals surface area (Å²) in [5.74, 6) is -4.05. The molecule has 0 bridgehead atoms. The van der Waals surface area contributed by atoms with Crippen LogP contribution in [0.4, 0.5) is 27.6 Å². The first-order chi connectivity index (χ1) is 20.8. The number of anilines is 1. The number of halogens is 5. The Morgan fingerprint density at radius 2 is 1.73 bits per heavy atom. The molecule has 1 unspecified atom stereocenters. The summed E-state index contributed by atoms with van der Waals surface area (Å²) >= 11 is 0. The number of carbonyl (C=O) groups is 1. The predicted octanol–water partition coefficient (Wildman–Crippen LogP) is 5.54. The van der Waals surface area contributed by atoms with Crippen molar-refractivity contribution < 1.29 is 49.5 Å². The Hall–Kier alpha value is -3.08. The van der Waals surface area contributed by atoms with Gasteiger partial charge in [0.05, 0.1) is 36.3 Å². The van der Waals surface area contributed by atoms with E-state index in [2.05, 4.69) is 32.1 Å². The topological polar surface area (TPSA) is 148 Å². The van der Waals surface area contributed by atoms with Gasteiger partial charge in [-0.1, -0.05) is 57.0 Å². The number of nitrogens with zero attached hydrogens (tertiary/aromatic N) is 4. The minimum absolute atomic E-state index is 0.0456. The van der Waals surface area contributed by atoms with Gasteiger partial charge in [0.15, 0.2) is 18.1 Å². The number of hydrogen-bond acceptors (Lipinski definition) is 10. The van der Waals surface area contributed by atoms with E-state index in [1.807, 2.05) is 6.92 Å². The molecule has 2 aromatic heterocycles. The Labute approximate surface area is 259 Å². The molecule has 45 heavy (non-hydrogen) atoms. The van der Waals surface area contributed by atoms with Gasteiger partial charge in [-0.2, -0.15) is 18.2 Å².